The molecule has 3 heteroatoms. The van der Waals surface area contributed by atoms with E-state index in [0.29, 0.717) is 5.56 Å². The van der Waals surface area contributed by atoms with Crippen LogP contribution < -0.4 is 4.74 Å². The van der Waals surface area contributed by atoms with Crippen molar-refractivity contribution in [3.63, 3.8) is 0 Å². The molecule has 0 atom stereocenters. The van der Waals surface area contributed by atoms with E-state index in [1.54, 1.807) is 25.3 Å². The Bertz CT molecular complexity index is 394. The number of methoxy groups -OCH3 is 1. The number of hydrogen-bond acceptors (Lipinski definition) is 2. The van der Waals surface area contributed by atoms with Gasteiger partial charge in [-0.15, -0.1) is 0 Å². The van der Waals surface area contributed by atoms with Gasteiger partial charge in [0.2, 0.25) is 0 Å². The van der Waals surface area contributed by atoms with Gasteiger partial charge in [-0.25, -0.2) is 4.79 Å². The maximum atomic E-state index is 10.7. The van der Waals surface area contributed by atoms with Gasteiger partial charge in [-0.05, 0) is 29.7 Å². The predicted molar refractivity (Wildman–Crippen MR) is 59.0 cm³/mol. The van der Waals surface area contributed by atoms with Gasteiger partial charge in [-0.2, -0.15) is 0 Å². The number of carboxylic acids is 1. The van der Waals surface area contributed by atoms with Gasteiger partial charge in [-0.3, -0.25) is 0 Å². The zero-order valence-corrected chi connectivity index (χ0v) is 8.91. The molecule has 0 aromatic heterocycles. The molecule has 0 aliphatic rings. The fraction of sp³-hybridized carbons (Fsp3) is 0.250. The SMILES string of the molecule is C=C(C(=O)O)c1ccc(OC)c(CC)c1. The number of carboxylic acid groups (broad SMARTS) is 1. The van der Waals surface area contributed by atoms with Crippen LogP contribution in [0.15, 0.2) is 24.8 Å². The van der Waals surface area contributed by atoms with E-state index < -0.39 is 5.97 Å². The molecule has 0 saturated heterocycles. The first-order valence-corrected chi connectivity index (χ1v) is 4.69. The van der Waals surface area contributed by atoms with Crippen LogP contribution in [0.25, 0.3) is 5.57 Å². The molecule has 0 unspecified atom stereocenters. The topological polar surface area (TPSA) is 46.5 Å². The van der Waals surface area contributed by atoms with Gasteiger partial charge in [0.15, 0.2) is 0 Å². The molecule has 0 saturated carbocycles. The summed E-state index contributed by atoms with van der Waals surface area (Å²) in [5, 5.41) is 8.79. The summed E-state index contributed by atoms with van der Waals surface area (Å²) in [5.74, 6) is -0.221. The van der Waals surface area contributed by atoms with E-state index in [2.05, 4.69) is 6.58 Å². The lowest BCUT2D eigenvalue weighted by atomic mass is 10.0. The Morgan fingerprint density at radius 2 is 2.20 bits per heavy atom. The molecule has 0 aliphatic carbocycles. The number of rotatable bonds is 4. The van der Waals surface area contributed by atoms with Crippen molar-refractivity contribution in [1.29, 1.82) is 0 Å². The van der Waals surface area contributed by atoms with Crippen molar-refractivity contribution in [2.24, 2.45) is 0 Å². The van der Waals surface area contributed by atoms with E-state index in [1.165, 1.54) is 0 Å². The van der Waals surface area contributed by atoms with Crippen molar-refractivity contribution in [2.45, 2.75) is 13.3 Å². The maximum Gasteiger partial charge on any atom is 0.335 e. The molecule has 0 spiro atoms. The molecule has 1 N–H and O–H groups in total. The first-order chi connectivity index (χ1) is 7.10. The first kappa shape index (κ1) is 11.3. The Morgan fingerprint density at radius 3 is 2.67 bits per heavy atom. The van der Waals surface area contributed by atoms with Crippen LogP contribution in [0.5, 0.6) is 5.75 Å². The van der Waals surface area contributed by atoms with Crippen LogP contribution in [0, 0.1) is 0 Å². The average molecular weight is 206 g/mol. The molecule has 0 heterocycles. The molecule has 1 aromatic rings. The number of benzene rings is 1. The molecule has 0 bridgehead atoms. The van der Waals surface area contributed by atoms with E-state index in [9.17, 15) is 4.79 Å². The van der Waals surface area contributed by atoms with E-state index in [4.69, 9.17) is 9.84 Å². The van der Waals surface area contributed by atoms with Crippen LogP contribution in [-0.2, 0) is 11.2 Å². The zero-order valence-electron chi connectivity index (χ0n) is 8.91. The van der Waals surface area contributed by atoms with Crippen molar-refractivity contribution in [1.82, 2.24) is 0 Å². The molecule has 0 fully saturated rings. The summed E-state index contributed by atoms with van der Waals surface area (Å²) >= 11 is 0. The zero-order chi connectivity index (χ0) is 11.4. The van der Waals surface area contributed by atoms with Gasteiger partial charge < -0.3 is 9.84 Å². The Balaban J connectivity index is 3.13. The minimum atomic E-state index is -0.998. The average Bonchev–Trinajstić information content (AvgIpc) is 2.26. The molecular formula is C12H14O3. The summed E-state index contributed by atoms with van der Waals surface area (Å²) in [4.78, 5) is 10.7. The van der Waals surface area contributed by atoms with Gasteiger partial charge in [0.1, 0.15) is 5.75 Å². The smallest absolute Gasteiger partial charge is 0.335 e. The van der Waals surface area contributed by atoms with Crippen molar-refractivity contribution in [3.8, 4) is 5.75 Å². The van der Waals surface area contributed by atoms with Gasteiger partial charge in [0.05, 0.1) is 12.7 Å². The largest absolute Gasteiger partial charge is 0.496 e. The van der Waals surface area contributed by atoms with Crippen LogP contribution in [0.4, 0.5) is 0 Å². The monoisotopic (exact) mass is 206 g/mol. The molecule has 1 aromatic carbocycles. The third kappa shape index (κ3) is 2.37. The summed E-state index contributed by atoms with van der Waals surface area (Å²) in [5.41, 5.74) is 1.71. The Morgan fingerprint density at radius 1 is 1.53 bits per heavy atom. The van der Waals surface area contributed by atoms with Crippen molar-refractivity contribution in [2.75, 3.05) is 7.11 Å². The van der Waals surface area contributed by atoms with Gasteiger partial charge in [0.25, 0.3) is 0 Å². The molecule has 0 amide bonds. The fourth-order valence-corrected chi connectivity index (χ4v) is 1.37. The lowest BCUT2D eigenvalue weighted by Crippen LogP contribution is -1.99. The molecule has 0 aliphatic heterocycles. The highest BCUT2D eigenvalue weighted by molar-refractivity contribution is 6.14. The predicted octanol–water partition coefficient (Wildman–Crippen LogP) is 2.36. The van der Waals surface area contributed by atoms with Gasteiger partial charge in [-0.1, -0.05) is 19.6 Å². The summed E-state index contributed by atoms with van der Waals surface area (Å²) in [6, 6.07) is 5.27. The molecule has 3 nitrogen and oxygen atoms in total. The highest BCUT2D eigenvalue weighted by Gasteiger charge is 2.09. The highest BCUT2D eigenvalue weighted by Crippen LogP contribution is 2.23. The van der Waals surface area contributed by atoms with Crippen LogP contribution >= 0.6 is 0 Å². The number of carbonyl (C=O) groups is 1. The molecule has 0 radical (unpaired) electrons. The summed E-state index contributed by atoms with van der Waals surface area (Å²) in [6.07, 6.45) is 0.796. The summed E-state index contributed by atoms with van der Waals surface area (Å²) in [6.45, 7) is 5.51. The van der Waals surface area contributed by atoms with Crippen LogP contribution in [0.2, 0.25) is 0 Å². The second-order valence-corrected chi connectivity index (χ2v) is 3.16. The van der Waals surface area contributed by atoms with E-state index in [0.717, 1.165) is 17.7 Å². The number of aliphatic carboxylic acids is 1. The van der Waals surface area contributed by atoms with Gasteiger partial charge >= 0.3 is 5.97 Å². The number of ether oxygens (including phenoxy) is 1. The molecule has 80 valence electrons. The van der Waals surface area contributed by atoms with Crippen molar-refractivity contribution >= 4 is 11.5 Å². The Labute approximate surface area is 89.0 Å². The third-order valence-electron chi connectivity index (χ3n) is 2.27. The van der Waals surface area contributed by atoms with Crippen LogP contribution in [0.3, 0.4) is 0 Å². The second-order valence-electron chi connectivity index (χ2n) is 3.16. The first-order valence-electron chi connectivity index (χ1n) is 4.69. The molecular weight excluding hydrogens is 192 g/mol. The van der Waals surface area contributed by atoms with E-state index in [1.807, 2.05) is 6.92 Å². The van der Waals surface area contributed by atoms with E-state index in [-0.39, 0.29) is 5.57 Å². The Hall–Kier alpha value is -1.77. The number of aryl methyl sites for hydroxylation is 1. The van der Waals surface area contributed by atoms with Gasteiger partial charge in [0, 0.05) is 0 Å². The Kier molecular flexibility index (Phi) is 3.50. The molecule has 15 heavy (non-hydrogen) atoms. The number of hydrogen-bond donors (Lipinski definition) is 1. The standard InChI is InChI=1S/C12H14O3/c1-4-9-7-10(8(2)12(13)14)5-6-11(9)15-3/h5-7H,2,4H2,1,3H3,(H,13,14). The third-order valence-corrected chi connectivity index (χ3v) is 2.27. The minimum Gasteiger partial charge on any atom is -0.496 e. The quantitative estimate of drug-likeness (QED) is 0.769. The van der Waals surface area contributed by atoms with Crippen molar-refractivity contribution < 1.29 is 14.6 Å². The minimum absolute atomic E-state index is 0.104. The summed E-state index contributed by atoms with van der Waals surface area (Å²) in [7, 11) is 1.60. The van der Waals surface area contributed by atoms with E-state index >= 15 is 0 Å². The molecule has 1 rings (SSSR count). The normalized spacial score (nSPS) is 9.73. The van der Waals surface area contributed by atoms with Crippen LogP contribution in [-0.4, -0.2) is 18.2 Å². The lowest BCUT2D eigenvalue weighted by molar-refractivity contribution is -0.130. The van der Waals surface area contributed by atoms with Crippen molar-refractivity contribution in [3.05, 3.63) is 35.9 Å². The highest BCUT2D eigenvalue weighted by atomic mass is 16.5. The fourth-order valence-electron chi connectivity index (χ4n) is 1.37. The lowest BCUT2D eigenvalue weighted by Gasteiger charge is -2.08. The maximum absolute atomic E-state index is 10.7. The summed E-state index contributed by atoms with van der Waals surface area (Å²) < 4.78 is 5.15. The van der Waals surface area contributed by atoms with Crippen LogP contribution in [0.1, 0.15) is 18.1 Å². The second kappa shape index (κ2) is 4.64.